The monoisotopic (exact) mass is 269 g/mol. The molecule has 0 fully saturated rings. The number of carbonyl (C=O) groups excluding carboxylic acids is 1. The minimum atomic E-state index is -0.790. The molecule has 1 aromatic carbocycles. The first-order valence-corrected chi connectivity index (χ1v) is 5.70. The summed E-state index contributed by atoms with van der Waals surface area (Å²) in [7, 11) is 0. The molecule has 0 radical (unpaired) electrons. The summed E-state index contributed by atoms with van der Waals surface area (Å²) in [4.78, 5) is 23.5. The van der Waals surface area contributed by atoms with Gasteiger partial charge in [0.05, 0.1) is 0 Å². The number of ether oxygens (including phenoxy) is 1. The molecule has 96 valence electrons. The molecule has 0 spiro atoms. The summed E-state index contributed by atoms with van der Waals surface area (Å²) in [6.07, 6.45) is -0.784. The first-order chi connectivity index (χ1) is 8.28. The van der Waals surface area contributed by atoms with E-state index in [1.54, 1.807) is 26.8 Å². The molecular formula is C12H12ClNO4. The number of hydrogen-bond donors (Lipinski definition) is 0. The molecule has 2 aromatic rings. The number of aromatic nitrogens is 1. The Morgan fingerprint density at radius 1 is 1.39 bits per heavy atom. The van der Waals surface area contributed by atoms with Gasteiger partial charge in [-0.15, -0.1) is 0 Å². The predicted octanol–water partition coefficient (Wildman–Crippen LogP) is 3.03. The standard InChI is InChI=1S/C12H12ClNO4/c1-12(2,3)18-11(16)14-8-6-7(13)4-5-9(8)17-10(14)15/h4-6H,1-3H3. The van der Waals surface area contributed by atoms with Gasteiger partial charge >= 0.3 is 11.8 Å². The van der Waals surface area contributed by atoms with Crippen molar-refractivity contribution in [3.05, 3.63) is 33.8 Å². The number of carbonyl (C=O) groups is 1. The Bertz CT molecular complexity index is 663. The quantitative estimate of drug-likeness (QED) is 0.737. The van der Waals surface area contributed by atoms with Crippen LogP contribution < -0.4 is 5.76 Å². The van der Waals surface area contributed by atoms with Gasteiger partial charge in [-0.2, -0.15) is 4.57 Å². The highest BCUT2D eigenvalue weighted by molar-refractivity contribution is 6.31. The van der Waals surface area contributed by atoms with Crippen LogP contribution in [0.25, 0.3) is 11.1 Å². The second-order valence-electron chi connectivity index (χ2n) is 4.80. The number of oxazole rings is 1. The highest BCUT2D eigenvalue weighted by atomic mass is 35.5. The lowest BCUT2D eigenvalue weighted by atomic mass is 10.2. The number of rotatable bonds is 0. The molecule has 0 saturated heterocycles. The molecule has 0 aliphatic carbocycles. The van der Waals surface area contributed by atoms with Crippen LogP contribution in [-0.2, 0) is 4.74 Å². The van der Waals surface area contributed by atoms with Crippen LogP contribution in [0.2, 0.25) is 5.02 Å². The minimum Gasteiger partial charge on any atom is -0.443 e. The molecule has 0 unspecified atom stereocenters. The average Bonchev–Trinajstić information content (AvgIpc) is 2.50. The van der Waals surface area contributed by atoms with Crippen LogP contribution in [-0.4, -0.2) is 16.3 Å². The maximum atomic E-state index is 11.9. The largest absolute Gasteiger partial charge is 0.443 e. The number of benzene rings is 1. The highest BCUT2D eigenvalue weighted by Gasteiger charge is 2.22. The maximum absolute atomic E-state index is 11.9. The normalized spacial score (nSPS) is 11.8. The van der Waals surface area contributed by atoms with Crippen LogP contribution in [0.1, 0.15) is 20.8 Å². The van der Waals surface area contributed by atoms with Crippen molar-refractivity contribution in [3.63, 3.8) is 0 Å². The number of nitrogens with zero attached hydrogens (tertiary/aromatic N) is 1. The summed E-state index contributed by atoms with van der Waals surface area (Å²) in [5, 5.41) is 0.403. The zero-order chi connectivity index (χ0) is 13.5. The van der Waals surface area contributed by atoms with Crippen LogP contribution in [0, 0.1) is 0 Å². The van der Waals surface area contributed by atoms with Crippen LogP contribution in [0.3, 0.4) is 0 Å². The van der Waals surface area contributed by atoms with Crippen molar-refractivity contribution < 1.29 is 13.9 Å². The number of halogens is 1. The zero-order valence-electron chi connectivity index (χ0n) is 10.2. The lowest BCUT2D eigenvalue weighted by molar-refractivity contribution is 0.0532. The fourth-order valence-corrected chi connectivity index (χ4v) is 1.64. The van der Waals surface area contributed by atoms with Gasteiger partial charge in [0, 0.05) is 5.02 Å². The summed E-state index contributed by atoms with van der Waals surface area (Å²) >= 11 is 5.83. The van der Waals surface area contributed by atoms with E-state index < -0.39 is 17.5 Å². The third kappa shape index (κ3) is 2.41. The Labute approximate surface area is 108 Å². The molecule has 6 heteroatoms. The van der Waals surface area contributed by atoms with E-state index in [0.717, 1.165) is 4.57 Å². The molecule has 0 aliphatic rings. The maximum Gasteiger partial charge on any atom is 0.429 e. The molecule has 0 atom stereocenters. The van der Waals surface area contributed by atoms with E-state index in [1.807, 2.05) is 0 Å². The van der Waals surface area contributed by atoms with Gasteiger partial charge in [0.25, 0.3) is 0 Å². The Morgan fingerprint density at radius 3 is 2.67 bits per heavy atom. The van der Waals surface area contributed by atoms with Gasteiger partial charge in [-0.25, -0.2) is 9.59 Å². The van der Waals surface area contributed by atoms with Gasteiger partial charge in [0.2, 0.25) is 0 Å². The first kappa shape index (κ1) is 12.7. The Hall–Kier alpha value is -1.75. The van der Waals surface area contributed by atoms with Gasteiger partial charge in [-0.05, 0) is 39.0 Å². The van der Waals surface area contributed by atoms with Crippen LogP contribution >= 0.6 is 11.6 Å². The van der Waals surface area contributed by atoms with E-state index in [4.69, 9.17) is 20.8 Å². The van der Waals surface area contributed by atoms with E-state index in [9.17, 15) is 9.59 Å². The molecule has 0 saturated carbocycles. The van der Waals surface area contributed by atoms with E-state index in [1.165, 1.54) is 12.1 Å². The van der Waals surface area contributed by atoms with Gasteiger partial charge in [0.1, 0.15) is 11.1 Å². The van der Waals surface area contributed by atoms with Crippen molar-refractivity contribution >= 4 is 28.8 Å². The summed E-state index contributed by atoms with van der Waals surface area (Å²) in [6.45, 7) is 5.14. The van der Waals surface area contributed by atoms with Crippen molar-refractivity contribution in [3.8, 4) is 0 Å². The summed E-state index contributed by atoms with van der Waals surface area (Å²) < 4.78 is 10.9. The van der Waals surface area contributed by atoms with E-state index in [-0.39, 0.29) is 5.58 Å². The number of fused-ring (bicyclic) bond motifs is 1. The lowest BCUT2D eigenvalue weighted by Gasteiger charge is -2.18. The van der Waals surface area contributed by atoms with Crippen molar-refractivity contribution in [2.45, 2.75) is 26.4 Å². The molecule has 18 heavy (non-hydrogen) atoms. The topological polar surface area (TPSA) is 61.4 Å². The van der Waals surface area contributed by atoms with Gasteiger partial charge in [-0.3, -0.25) is 0 Å². The van der Waals surface area contributed by atoms with E-state index >= 15 is 0 Å². The Morgan fingerprint density at radius 2 is 2.06 bits per heavy atom. The molecule has 0 aliphatic heterocycles. The molecule has 1 aromatic heterocycles. The van der Waals surface area contributed by atoms with Crippen molar-refractivity contribution in [1.82, 2.24) is 4.57 Å². The fourth-order valence-electron chi connectivity index (χ4n) is 1.47. The molecule has 0 amide bonds. The second kappa shape index (κ2) is 4.17. The SMILES string of the molecule is CC(C)(C)OC(=O)n1c(=O)oc2ccc(Cl)cc21. The summed E-state index contributed by atoms with van der Waals surface area (Å²) in [5.74, 6) is -0.790. The number of hydrogen-bond acceptors (Lipinski definition) is 4. The third-order valence-corrected chi connectivity index (χ3v) is 2.35. The van der Waals surface area contributed by atoms with E-state index in [0.29, 0.717) is 10.5 Å². The third-order valence-electron chi connectivity index (χ3n) is 2.12. The minimum absolute atomic E-state index is 0.287. The van der Waals surface area contributed by atoms with Gasteiger partial charge in [0.15, 0.2) is 5.58 Å². The molecule has 0 N–H and O–H groups in total. The zero-order valence-corrected chi connectivity index (χ0v) is 10.9. The first-order valence-electron chi connectivity index (χ1n) is 5.32. The lowest BCUT2D eigenvalue weighted by Crippen LogP contribution is -2.31. The molecule has 2 rings (SSSR count). The Balaban J connectivity index is 2.57. The van der Waals surface area contributed by atoms with Crippen LogP contribution in [0.4, 0.5) is 4.79 Å². The van der Waals surface area contributed by atoms with Crippen LogP contribution in [0.15, 0.2) is 27.4 Å². The average molecular weight is 270 g/mol. The smallest absolute Gasteiger partial charge is 0.429 e. The van der Waals surface area contributed by atoms with Crippen LogP contribution in [0.5, 0.6) is 0 Å². The fraction of sp³-hybridized carbons (Fsp3) is 0.333. The van der Waals surface area contributed by atoms with E-state index in [2.05, 4.69) is 0 Å². The van der Waals surface area contributed by atoms with Crippen molar-refractivity contribution in [2.75, 3.05) is 0 Å². The van der Waals surface area contributed by atoms with Crippen molar-refractivity contribution in [1.29, 1.82) is 0 Å². The van der Waals surface area contributed by atoms with Gasteiger partial charge < -0.3 is 9.15 Å². The second-order valence-corrected chi connectivity index (χ2v) is 5.23. The molecular weight excluding hydrogens is 258 g/mol. The predicted molar refractivity (Wildman–Crippen MR) is 67.1 cm³/mol. The van der Waals surface area contributed by atoms with Gasteiger partial charge in [-0.1, -0.05) is 11.6 Å². The molecule has 1 heterocycles. The summed E-state index contributed by atoms with van der Waals surface area (Å²) in [6, 6.07) is 4.58. The Kier molecular flexibility index (Phi) is 2.94. The highest BCUT2D eigenvalue weighted by Crippen LogP contribution is 2.19. The molecule has 5 nitrogen and oxygen atoms in total. The van der Waals surface area contributed by atoms with Crippen molar-refractivity contribution in [2.24, 2.45) is 0 Å². The summed E-state index contributed by atoms with van der Waals surface area (Å²) in [5.41, 5.74) is -0.115. The molecule has 0 bridgehead atoms.